The minimum absolute atomic E-state index is 0.0913. The summed E-state index contributed by atoms with van der Waals surface area (Å²) < 4.78 is 2.21. The summed E-state index contributed by atoms with van der Waals surface area (Å²) >= 11 is 7.54. The first kappa shape index (κ1) is 29.5. The number of oxime groups is 1. The minimum Gasteiger partial charge on any atom is -0.341 e. The number of halogens is 1. The number of nitrogens with zero attached hydrogens (tertiary/aromatic N) is 2. The Hall–Kier alpha value is -3.94. The second-order valence-corrected chi connectivity index (χ2v) is 11.8. The molecular formula is C34H31ClN2O4S. The molecule has 0 saturated carbocycles. The third kappa shape index (κ3) is 6.27. The summed E-state index contributed by atoms with van der Waals surface area (Å²) in [7, 11) is 0. The Morgan fingerprint density at radius 1 is 1.07 bits per heavy atom. The van der Waals surface area contributed by atoms with Gasteiger partial charge >= 0.3 is 5.97 Å². The van der Waals surface area contributed by atoms with Crippen molar-refractivity contribution >= 4 is 69.7 Å². The van der Waals surface area contributed by atoms with Gasteiger partial charge < -0.3 is 9.40 Å². The van der Waals surface area contributed by atoms with E-state index in [-0.39, 0.29) is 23.2 Å². The number of aryl methyl sites for hydroxylation is 2. The number of carbonyl (C=O) groups is 3. The molecule has 0 fully saturated rings. The molecule has 4 aromatic rings. The average Bonchev–Trinajstić information content (AvgIpc) is 3.31. The van der Waals surface area contributed by atoms with Crippen LogP contribution in [0.1, 0.15) is 53.0 Å². The molecule has 1 heterocycles. The van der Waals surface area contributed by atoms with Crippen LogP contribution in [0.2, 0.25) is 5.02 Å². The van der Waals surface area contributed by atoms with E-state index in [1.165, 1.54) is 6.92 Å². The van der Waals surface area contributed by atoms with Gasteiger partial charge in [-0.3, -0.25) is 9.59 Å². The Balaban J connectivity index is 1.48. The highest BCUT2D eigenvalue weighted by atomic mass is 35.5. The first-order valence-electron chi connectivity index (χ1n) is 13.9. The number of Topliss-reactive ketones (excluding diaryl/α,β-unsaturated/α-hetero) is 2. The molecule has 1 aliphatic rings. The monoisotopic (exact) mass is 598 g/mol. The van der Waals surface area contributed by atoms with E-state index in [1.54, 1.807) is 17.8 Å². The molecule has 0 bridgehead atoms. The van der Waals surface area contributed by atoms with Gasteiger partial charge in [0.05, 0.1) is 0 Å². The van der Waals surface area contributed by atoms with Crippen molar-refractivity contribution in [1.29, 1.82) is 0 Å². The number of hydrogen-bond acceptors (Lipinski definition) is 6. The maximum atomic E-state index is 13.7. The second kappa shape index (κ2) is 12.9. The Morgan fingerprint density at radius 2 is 1.83 bits per heavy atom. The van der Waals surface area contributed by atoms with Crippen LogP contribution < -0.4 is 10.6 Å². The predicted molar refractivity (Wildman–Crippen MR) is 170 cm³/mol. The normalized spacial score (nSPS) is 14.6. The summed E-state index contributed by atoms with van der Waals surface area (Å²) in [4.78, 5) is 44.6. The quantitative estimate of drug-likeness (QED) is 0.0697. The molecular weight excluding hydrogens is 568 g/mol. The van der Waals surface area contributed by atoms with Gasteiger partial charge in [0.1, 0.15) is 5.71 Å². The number of fused-ring (bicyclic) bond motifs is 3. The molecule has 1 aromatic heterocycles. The lowest BCUT2D eigenvalue weighted by atomic mass is 9.89. The topological polar surface area (TPSA) is 77.7 Å². The van der Waals surface area contributed by atoms with E-state index in [2.05, 4.69) is 22.7 Å². The third-order valence-electron chi connectivity index (χ3n) is 7.37. The van der Waals surface area contributed by atoms with Gasteiger partial charge in [-0.25, -0.2) is 4.79 Å². The summed E-state index contributed by atoms with van der Waals surface area (Å²) in [6, 6.07) is 20.7. The van der Waals surface area contributed by atoms with Crippen molar-refractivity contribution in [3.05, 3.63) is 99.0 Å². The number of rotatable bonds is 10. The van der Waals surface area contributed by atoms with E-state index in [0.29, 0.717) is 29.2 Å². The smallest absolute Gasteiger partial charge is 0.331 e. The summed E-state index contributed by atoms with van der Waals surface area (Å²) in [6.07, 6.45) is 5.09. The number of carbonyl (C=O) groups excluding carboxylic acids is 3. The van der Waals surface area contributed by atoms with Gasteiger partial charge in [-0.2, -0.15) is 0 Å². The minimum atomic E-state index is -0.593. The molecule has 0 amide bonds. The van der Waals surface area contributed by atoms with Crippen LogP contribution >= 0.6 is 23.4 Å². The fourth-order valence-corrected chi connectivity index (χ4v) is 6.29. The highest BCUT2D eigenvalue weighted by Gasteiger charge is 2.23. The summed E-state index contributed by atoms with van der Waals surface area (Å²) in [5.41, 5.74) is 3.29. The van der Waals surface area contributed by atoms with Crippen molar-refractivity contribution in [2.45, 2.75) is 45.1 Å². The first-order valence-corrected chi connectivity index (χ1v) is 15.2. The molecule has 6 nitrogen and oxygen atoms in total. The number of thioether (sulfide) groups is 1. The lowest BCUT2D eigenvalue weighted by Gasteiger charge is -2.14. The van der Waals surface area contributed by atoms with Gasteiger partial charge in [-0.15, -0.1) is 11.8 Å². The molecule has 1 unspecified atom stereocenters. The van der Waals surface area contributed by atoms with Gasteiger partial charge in [0.25, 0.3) is 0 Å². The largest absolute Gasteiger partial charge is 0.341 e. The zero-order valence-electron chi connectivity index (χ0n) is 23.7. The first-order chi connectivity index (χ1) is 20.3. The maximum Gasteiger partial charge on any atom is 0.331 e. The van der Waals surface area contributed by atoms with Crippen LogP contribution in [0.3, 0.4) is 0 Å². The molecule has 0 N–H and O–H groups in total. The van der Waals surface area contributed by atoms with Crippen LogP contribution in [-0.4, -0.2) is 33.6 Å². The number of hydrogen-bond donors (Lipinski definition) is 0. The van der Waals surface area contributed by atoms with Crippen LogP contribution in [0.15, 0.2) is 76.8 Å². The summed E-state index contributed by atoms with van der Waals surface area (Å²) in [5, 5.41) is 7.50. The fraction of sp³-hybridized carbons (Fsp3) is 0.235. The average molecular weight is 599 g/mol. The summed E-state index contributed by atoms with van der Waals surface area (Å²) in [5.74, 6) is -0.540. The zero-order valence-corrected chi connectivity index (χ0v) is 25.3. The lowest BCUT2D eigenvalue weighted by Crippen LogP contribution is -2.34. The standard InChI is InChI=1S/C34H31ClN2O4S/c1-4-37-31-15-9-23(33(39)27-8-6-5-7-21(27)2)19-28(31)29-20-24(10-16-32(29)37)34(40)30(36-41-22(3)38)17-18-42-26-13-11-25(35)12-14-26/h5-8,10-16,19-20,23H,4,9,17-18H2,1-3H3/b36-30+. The SMILES string of the molecule is CCn1c2c(c3cc(C(=O)/C(CCSc4ccc(Cl)cc4)=N/OC(C)=O)ccc31)=CC(C(=O)c1ccccc1C)CC=2. The molecule has 1 aliphatic carbocycles. The van der Waals surface area contributed by atoms with Crippen LogP contribution in [0.5, 0.6) is 0 Å². The Morgan fingerprint density at radius 3 is 2.55 bits per heavy atom. The molecule has 0 saturated heterocycles. The maximum absolute atomic E-state index is 13.7. The number of benzene rings is 3. The van der Waals surface area contributed by atoms with Crippen molar-refractivity contribution in [1.82, 2.24) is 4.57 Å². The van der Waals surface area contributed by atoms with Crippen molar-refractivity contribution in [2.75, 3.05) is 5.75 Å². The Labute approximate surface area is 253 Å². The van der Waals surface area contributed by atoms with Crippen LogP contribution in [0, 0.1) is 12.8 Å². The fourth-order valence-electron chi connectivity index (χ4n) is 5.30. The molecule has 42 heavy (non-hydrogen) atoms. The number of aromatic nitrogens is 1. The molecule has 3 aromatic carbocycles. The van der Waals surface area contributed by atoms with Crippen LogP contribution in [0.25, 0.3) is 23.1 Å². The third-order valence-corrected chi connectivity index (χ3v) is 8.64. The van der Waals surface area contributed by atoms with Gasteiger partial charge in [0.15, 0.2) is 5.78 Å². The molecule has 8 heteroatoms. The predicted octanol–water partition coefficient (Wildman–Crippen LogP) is 6.37. The van der Waals surface area contributed by atoms with Crippen molar-refractivity contribution in [2.24, 2.45) is 11.1 Å². The molecule has 0 spiro atoms. The van der Waals surface area contributed by atoms with E-state index >= 15 is 0 Å². The summed E-state index contributed by atoms with van der Waals surface area (Å²) in [6.45, 7) is 6.04. The Kier molecular flexibility index (Phi) is 9.09. The lowest BCUT2D eigenvalue weighted by molar-refractivity contribution is -0.140. The van der Waals surface area contributed by atoms with E-state index in [0.717, 1.165) is 44.0 Å². The number of ketones is 2. The van der Waals surface area contributed by atoms with Gasteiger partial charge in [0, 0.05) is 74.1 Å². The van der Waals surface area contributed by atoms with E-state index < -0.39 is 5.97 Å². The van der Waals surface area contributed by atoms with E-state index in [1.807, 2.05) is 73.7 Å². The van der Waals surface area contributed by atoms with Crippen molar-refractivity contribution in [3.8, 4) is 0 Å². The van der Waals surface area contributed by atoms with E-state index in [9.17, 15) is 14.4 Å². The van der Waals surface area contributed by atoms with Gasteiger partial charge in [-0.1, -0.05) is 53.2 Å². The zero-order chi connectivity index (χ0) is 29.8. The van der Waals surface area contributed by atoms with Gasteiger partial charge in [-0.05, 0) is 68.3 Å². The van der Waals surface area contributed by atoms with Crippen LogP contribution in [0.4, 0.5) is 0 Å². The molecule has 5 rings (SSSR count). The highest BCUT2D eigenvalue weighted by molar-refractivity contribution is 7.99. The molecule has 1 atom stereocenters. The molecule has 0 radical (unpaired) electrons. The van der Waals surface area contributed by atoms with Crippen LogP contribution in [-0.2, 0) is 16.2 Å². The molecule has 0 aliphatic heterocycles. The highest BCUT2D eigenvalue weighted by Crippen LogP contribution is 2.23. The van der Waals surface area contributed by atoms with E-state index in [4.69, 9.17) is 16.4 Å². The molecule has 214 valence electrons. The van der Waals surface area contributed by atoms with Gasteiger partial charge in [0.2, 0.25) is 5.78 Å². The second-order valence-electron chi connectivity index (χ2n) is 10.2. The van der Waals surface area contributed by atoms with Crippen molar-refractivity contribution in [3.63, 3.8) is 0 Å². The Bertz CT molecular complexity index is 1840. The van der Waals surface area contributed by atoms with Crippen molar-refractivity contribution < 1.29 is 19.2 Å².